The summed E-state index contributed by atoms with van der Waals surface area (Å²) >= 11 is 18.0. The lowest BCUT2D eigenvalue weighted by Gasteiger charge is -2.18. The van der Waals surface area contributed by atoms with E-state index >= 15 is 0 Å². The van der Waals surface area contributed by atoms with E-state index in [-0.39, 0.29) is 6.04 Å². The second kappa shape index (κ2) is 7.87. The molecular weight excluding hydrogens is 331 g/mol. The topological polar surface area (TPSA) is 47.3 Å². The highest BCUT2D eigenvalue weighted by Gasteiger charge is 2.12. The molecule has 0 saturated carbocycles. The van der Waals surface area contributed by atoms with E-state index in [1.165, 1.54) is 0 Å². The minimum Gasteiger partial charge on any atom is -0.492 e. The van der Waals surface area contributed by atoms with Crippen molar-refractivity contribution >= 4 is 34.8 Å². The van der Waals surface area contributed by atoms with Crippen LogP contribution in [0.25, 0.3) is 0 Å². The third-order valence-corrected chi connectivity index (χ3v) is 4.11. The number of hydrogen-bond donors (Lipinski definition) is 2. The van der Waals surface area contributed by atoms with Gasteiger partial charge in [0.1, 0.15) is 12.4 Å². The molecule has 3 nitrogen and oxygen atoms in total. The molecule has 0 saturated heterocycles. The summed E-state index contributed by atoms with van der Waals surface area (Å²) in [6, 6.07) is 12.6. The Morgan fingerprint density at radius 1 is 1.05 bits per heavy atom. The third kappa shape index (κ3) is 4.77. The van der Waals surface area contributed by atoms with Gasteiger partial charge >= 0.3 is 0 Å². The van der Waals surface area contributed by atoms with Gasteiger partial charge < -0.3 is 4.74 Å². The van der Waals surface area contributed by atoms with Gasteiger partial charge in [-0.05, 0) is 42.3 Å². The van der Waals surface area contributed by atoms with Crippen LogP contribution >= 0.6 is 34.8 Å². The van der Waals surface area contributed by atoms with E-state index < -0.39 is 0 Å². The molecule has 1 unspecified atom stereocenters. The number of hydrogen-bond acceptors (Lipinski definition) is 3. The maximum atomic E-state index is 6.17. The van der Waals surface area contributed by atoms with Crippen LogP contribution in [-0.4, -0.2) is 12.6 Å². The minimum absolute atomic E-state index is 0.0864. The average molecular weight is 346 g/mol. The lowest BCUT2D eigenvalue weighted by atomic mass is 10.1. The molecule has 0 aliphatic heterocycles. The van der Waals surface area contributed by atoms with Crippen molar-refractivity contribution in [2.75, 3.05) is 6.61 Å². The predicted molar refractivity (Wildman–Crippen MR) is 88.2 cm³/mol. The van der Waals surface area contributed by atoms with E-state index in [1.54, 1.807) is 18.2 Å². The van der Waals surface area contributed by atoms with Crippen molar-refractivity contribution in [1.29, 1.82) is 0 Å². The quantitative estimate of drug-likeness (QED) is 0.612. The van der Waals surface area contributed by atoms with Crippen LogP contribution < -0.4 is 16.0 Å². The highest BCUT2D eigenvalue weighted by Crippen LogP contribution is 2.26. The summed E-state index contributed by atoms with van der Waals surface area (Å²) in [5.74, 6) is 6.30. The first-order valence-electron chi connectivity index (χ1n) is 6.37. The van der Waals surface area contributed by atoms with E-state index in [0.29, 0.717) is 28.1 Å². The van der Waals surface area contributed by atoms with E-state index in [2.05, 4.69) is 5.43 Å². The van der Waals surface area contributed by atoms with Crippen molar-refractivity contribution in [3.05, 3.63) is 63.1 Å². The van der Waals surface area contributed by atoms with Gasteiger partial charge in [0.2, 0.25) is 0 Å². The van der Waals surface area contributed by atoms with Gasteiger partial charge in [0.05, 0.1) is 16.1 Å². The molecule has 0 aromatic heterocycles. The molecule has 6 heteroatoms. The van der Waals surface area contributed by atoms with Gasteiger partial charge in [0.25, 0.3) is 0 Å². The van der Waals surface area contributed by atoms with Gasteiger partial charge in [-0.25, -0.2) is 0 Å². The predicted octanol–water partition coefficient (Wildman–Crippen LogP) is 4.10. The lowest BCUT2D eigenvalue weighted by Crippen LogP contribution is -2.41. The summed E-state index contributed by atoms with van der Waals surface area (Å²) in [4.78, 5) is 0. The Balaban J connectivity index is 1.97. The highest BCUT2D eigenvalue weighted by molar-refractivity contribution is 6.42. The van der Waals surface area contributed by atoms with Gasteiger partial charge in [0, 0.05) is 5.02 Å². The fourth-order valence-corrected chi connectivity index (χ4v) is 2.39. The monoisotopic (exact) mass is 344 g/mol. The fraction of sp³-hybridized carbons (Fsp3) is 0.200. The van der Waals surface area contributed by atoms with Crippen molar-refractivity contribution in [1.82, 2.24) is 5.43 Å². The summed E-state index contributed by atoms with van der Waals surface area (Å²) in [6.45, 7) is 0.404. The van der Waals surface area contributed by atoms with Gasteiger partial charge in [0.15, 0.2) is 0 Å². The van der Waals surface area contributed by atoms with Crippen LogP contribution in [0.15, 0.2) is 42.5 Å². The number of benzene rings is 2. The lowest BCUT2D eigenvalue weighted by molar-refractivity contribution is 0.264. The normalized spacial score (nSPS) is 12.2. The number of nitrogens with one attached hydrogen (secondary N) is 1. The molecule has 21 heavy (non-hydrogen) atoms. The molecule has 2 rings (SSSR count). The summed E-state index contributed by atoms with van der Waals surface area (Å²) in [6.07, 6.45) is 0.615. The number of hydrazine groups is 1. The second-order valence-electron chi connectivity index (χ2n) is 4.55. The van der Waals surface area contributed by atoms with E-state index in [0.717, 1.165) is 11.3 Å². The molecule has 0 spiro atoms. The zero-order valence-corrected chi connectivity index (χ0v) is 13.4. The first kappa shape index (κ1) is 16.4. The number of rotatable bonds is 6. The van der Waals surface area contributed by atoms with Crippen molar-refractivity contribution < 1.29 is 4.74 Å². The molecule has 0 aliphatic carbocycles. The average Bonchev–Trinajstić information content (AvgIpc) is 2.49. The Labute approximate surface area is 138 Å². The summed E-state index contributed by atoms with van der Waals surface area (Å²) in [5, 5.41) is 1.75. The molecule has 0 bridgehead atoms. The van der Waals surface area contributed by atoms with Gasteiger partial charge in [-0.1, -0.05) is 46.9 Å². The van der Waals surface area contributed by atoms with Crippen LogP contribution in [0.1, 0.15) is 5.56 Å². The van der Waals surface area contributed by atoms with Crippen molar-refractivity contribution in [2.24, 2.45) is 5.84 Å². The van der Waals surface area contributed by atoms with E-state index in [1.807, 2.05) is 24.3 Å². The zero-order valence-electron chi connectivity index (χ0n) is 11.2. The SMILES string of the molecule is NNC(COc1ccc(Cl)cc1)Cc1cccc(Cl)c1Cl. The highest BCUT2D eigenvalue weighted by atomic mass is 35.5. The molecule has 0 aliphatic rings. The Hall–Kier alpha value is -0.970. The second-order valence-corrected chi connectivity index (χ2v) is 5.77. The summed E-state index contributed by atoms with van der Waals surface area (Å²) in [5.41, 5.74) is 3.65. The first-order valence-corrected chi connectivity index (χ1v) is 7.51. The number of ether oxygens (including phenoxy) is 1. The van der Waals surface area contributed by atoms with Gasteiger partial charge in [-0.15, -0.1) is 0 Å². The smallest absolute Gasteiger partial charge is 0.119 e. The Bertz CT molecular complexity index is 590. The minimum atomic E-state index is -0.0864. The molecule has 0 heterocycles. The Morgan fingerprint density at radius 3 is 2.43 bits per heavy atom. The van der Waals surface area contributed by atoms with Crippen LogP contribution in [0.2, 0.25) is 15.1 Å². The van der Waals surface area contributed by atoms with Crippen LogP contribution in [0.5, 0.6) is 5.75 Å². The van der Waals surface area contributed by atoms with E-state index in [4.69, 9.17) is 45.4 Å². The van der Waals surface area contributed by atoms with Gasteiger partial charge in [-0.2, -0.15) is 0 Å². The molecule has 3 N–H and O–H groups in total. The molecule has 2 aromatic rings. The zero-order chi connectivity index (χ0) is 15.2. The molecule has 2 aromatic carbocycles. The van der Waals surface area contributed by atoms with E-state index in [9.17, 15) is 0 Å². The fourth-order valence-electron chi connectivity index (χ4n) is 1.87. The van der Waals surface area contributed by atoms with Crippen molar-refractivity contribution in [3.8, 4) is 5.75 Å². The van der Waals surface area contributed by atoms with Crippen molar-refractivity contribution in [2.45, 2.75) is 12.5 Å². The first-order chi connectivity index (χ1) is 10.1. The Kier molecular flexibility index (Phi) is 6.15. The van der Waals surface area contributed by atoms with Crippen molar-refractivity contribution in [3.63, 3.8) is 0 Å². The van der Waals surface area contributed by atoms with Crippen LogP contribution in [0.4, 0.5) is 0 Å². The summed E-state index contributed by atoms with van der Waals surface area (Å²) in [7, 11) is 0. The van der Waals surface area contributed by atoms with Crippen LogP contribution in [0, 0.1) is 0 Å². The Morgan fingerprint density at radius 2 is 1.76 bits per heavy atom. The standard InChI is InChI=1S/C15H15Cl3N2O/c16-11-4-6-13(7-5-11)21-9-12(20-19)8-10-2-1-3-14(17)15(10)18/h1-7,12,20H,8-9,19H2. The largest absolute Gasteiger partial charge is 0.492 e. The molecular formula is C15H15Cl3N2O. The molecule has 0 radical (unpaired) electrons. The maximum absolute atomic E-state index is 6.17. The molecule has 0 amide bonds. The third-order valence-electron chi connectivity index (χ3n) is 3.00. The summed E-state index contributed by atoms with van der Waals surface area (Å²) < 4.78 is 5.68. The van der Waals surface area contributed by atoms with Crippen LogP contribution in [-0.2, 0) is 6.42 Å². The number of halogens is 3. The molecule has 0 fully saturated rings. The van der Waals surface area contributed by atoms with Crippen LogP contribution in [0.3, 0.4) is 0 Å². The number of nitrogens with two attached hydrogens (primary N) is 1. The molecule has 1 atom stereocenters. The molecule has 112 valence electrons. The maximum Gasteiger partial charge on any atom is 0.119 e. The van der Waals surface area contributed by atoms with Gasteiger partial charge in [-0.3, -0.25) is 11.3 Å².